The van der Waals surface area contributed by atoms with Crippen LogP contribution in [0.25, 0.3) is 0 Å². The fraction of sp³-hybridized carbons (Fsp3) is 0.387. The number of ether oxygens (including phenoxy) is 1. The predicted octanol–water partition coefficient (Wildman–Crippen LogP) is 5.30. The molecule has 0 saturated carbocycles. The highest BCUT2D eigenvalue weighted by atomic mass is 35.5. The Hall–Kier alpha value is -3.62. The molecule has 1 spiro atoms. The molecule has 2 amide bonds. The normalized spacial score (nSPS) is 20.3. The summed E-state index contributed by atoms with van der Waals surface area (Å²) < 4.78 is 5.85. The number of hydroxylamine groups is 2. The second kappa shape index (κ2) is 11.5. The molecule has 40 heavy (non-hydrogen) atoms. The fourth-order valence-electron chi connectivity index (χ4n) is 6.03. The lowest BCUT2D eigenvalue weighted by atomic mass is 9.71. The maximum atomic E-state index is 13.6. The van der Waals surface area contributed by atoms with Gasteiger partial charge in [0, 0.05) is 68.3 Å². The zero-order chi connectivity index (χ0) is 27.5. The van der Waals surface area contributed by atoms with E-state index in [2.05, 4.69) is 10.3 Å². The number of pyridine rings is 1. The van der Waals surface area contributed by atoms with Crippen molar-refractivity contribution in [2.75, 3.05) is 32.8 Å². The Balaban J connectivity index is 1.07. The van der Waals surface area contributed by atoms with Gasteiger partial charge in [-0.2, -0.15) is 0 Å². The number of rotatable bonds is 5. The molecule has 208 valence electrons. The predicted molar refractivity (Wildman–Crippen MR) is 151 cm³/mol. The molecule has 3 aromatic rings. The molecule has 0 aliphatic carbocycles. The van der Waals surface area contributed by atoms with E-state index in [9.17, 15) is 9.59 Å². The average Bonchev–Trinajstić information content (AvgIpc) is 2.99. The minimum absolute atomic E-state index is 0.0258. The van der Waals surface area contributed by atoms with Crippen LogP contribution in [-0.4, -0.2) is 59.5 Å². The number of amides is 2. The van der Waals surface area contributed by atoms with Crippen molar-refractivity contribution in [3.05, 3.63) is 88.7 Å². The summed E-state index contributed by atoms with van der Waals surface area (Å²) in [6.45, 7) is 3.73. The lowest BCUT2D eigenvalue weighted by Gasteiger charge is -2.46. The molecular formula is C31H33ClN4O4. The third-order valence-corrected chi connectivity index (χ3v) is 8.83. The van der Waals surface area contributed by atoms with Crippen LogP contribution in [0, 0.1) is 5.41 Å². The van der Waals surface area contributed by atoms with Crippen molar-refractivity contribution in [2.45, 2.75) is 38.1 Å². The highest BCUT2D eigenvalue weighted by Gasteiger charge is 2.39. The number of carbonyl (C=O) groups excluding carboxylic acids is 2. The smallest absolute Gasteiger partial charge is 0.253 e. The first-order valence-electron chi connectivity index (χ1n) is 13.9. The van der Waals surface area contributed by atoms with Crippen molar-refractivity contribution in [1.29, 1.82) is 0 Å². The van der Waals surface area contributed by atoms with E-state index in [1.54, 1.807) is 36.7 Å². The van der Waals surface area contributed by atoms with E-state index >= 15 is 0 Å². The van der Waals surface area contributed by atoms with Crippen molar-refractivity contribution in [3.8, 4) is 11.5 Å². The van der Waals surface area contributed by atoms with Crippen molar-refractivity contribution < 1.29 is 19.2 Å². The van der Waals surface area contributed by atoms with Crippen molar-refractivity contribution in [2.24, 2.45) is 5.41 Å². The van der Waals surface area contributed by atoms with Gasteiger partial charge in [0.05, 0.1) is 23.2 Å². The molecule has 4 heterocycles. The van der Waals surface area contributed by atoms with Crippen LogP contribution in [0.2, 0.25) is 5.02 Å². The molecule has 6 rings (SSSR count). The molecule has 1 atom stereocenters. The van der Waals surface area contributed by atoms with Crippen LogP contribution >= 0.6 is 11.6 Å². The number of nitrogens with one attached hydrogen (secondary N) is 1. The van der Waals surface area contributed by atoms with Crippen LogP contribution in [0.15, 0.2) is 67.0 Å². The van der Waals surface area contributed by atoms with Gasteiger partial charge < -0.3 is 19.8 Å². The molecule has 2 saturated heterocycles. The molecule has 9 heteroatoms. The minimum atomic E-state index is -0.260. The first kappa shape index (κ1) is 26.6. The van der Waals surface area contributed by atoms with Gasteiger partial charge in [-0.3, -0.25) is 14.6 Å². The monoisotopic (exact) mass is 560 g/mol. The van der Waals surface area contributed by atoms with Gasteiger partial charge in [-0.1, -0.05) is 23.7 Å². The molecular weight excluding hydrogens is 528 g/mol. The summed E-state index contributed by atoms with van der Waals surface area (Å²) >= 11 is 6.24. The number of fused-ring (bicyclic) bond motifs is 1. The summed E-state index contributed by atoms with van der Waals surface area (Å²) in [4.78, 5) is 38.5. The van der Waals surface area contributed by atoms with Gasteiger partial charge in [-0.25, -0.2) is 0 Å². The van der Waals surface area contributed by atoms with Crippen LogP contribution in [0.3, 0.4) is 0 Å². The van der Waals surface area contributed by atoms with Gasteiger partial charge >= 0.3 is 0 Å². The maximum absolute atomic E-state index is 13.6. The van der Waals surface area contributed by atoms with E-state index in [1.807, 2.05) is 40.3 Å². The molecule has 0 radical (unpaired) electrons. The Morgan fingerprint density at radius 2 is 1.70 bits per heavy atom. The molecule has 2 fully saturated rings. The number of nitrogens with zero attached hydrogens (tertiary/aromatic N) is 3. The Morgan fingerprint density at radius 3 is 2.45 bits per heavy atom. The first-order valence-corrected chi connectivity index (χ1v) is 14.3. The van der Waals surface area contributed by atoms with Gasteiger partial charge in [-0.05, 0) is 61.4 Å². The molecule has 1 aromatic heterocycles. The van der Waals surface area contributed by atoms with E-state index in [0.29, 0.717) is 34.9 Å². The third-order valence-electron chi connectivity index (χ3n) is 8.50. The molecule has 3 aliphatic rings. The van der Waals surface area contributed by atoms with E-state index < -0.39 is 0 Å². The van der Waals surface area contributed by atoms with Crippen LogP contribution < -0.4 is 14.9 Å². The Bertz CT molecular complexity index is 1370. The van der Waals surface area contributed by atoms with Crippen LogP contribution in [-0.2, 0) is 0 Å². The standard InChI is InChI=1S/C31H33ClN4O4/c32-26-4-2-1-3-24(26)29(37)34-27-9-20-39-28-6-5-22(21-25(27)28)30(38)35-16-10-31(11-17-35)12-18-36(19-13-31)40-23-7-14-33-15-8-23/h1-8,14-15,21,27H,9-13,16-20H2,(H,34,37)/t27-/m1/s1. The van der Waals surface area contributed by atoms with E-state index in [4.69, 9.17) is 21.2 Å². The first-order chi connectivity index (χ1) is 19.5. The molecule has 8 nitrogen and oxygen atoms in total. The third kappa shape index (κ3) is 5.64. The summed E-state index contributed by atoms with van der Waals surface area (Å²) in [5.41, 5.74) is 2.14. The summed E-state index contributed by atoms with van der Waals surface area (Å²) in [6.07, 6.45) is 8.19. The quantitative estimate of drug-likeness (QED) is 0.456. The highest BCUT2D eigenvalue weighted by Crippen LogP contribution is 2.42. The maximum Gasteiger partial charge on any atom is 0.253 e. The second-order valence-corrected chi connectivity index (χ2v) is 11.3. The van der Waals surface area contributed by atoms with Gasteiger partial charge in [0.25, 0.3) is 11.8 Å². The highest BCUT2D eigenvalue weighted by molar-refractivity contribution is 6.33. The van der Waals surface area contributed by atoms with Crippen LogP contribution in [0.4, 0.5) is 0 Å². The molecule has 3 aliphatic heterocycles. The minimum Gasteiger partial charge on any atom is -0.493 e. The Morgan fingerprint density at radius 1 is 0.975 bits per heavy atom. The van der Waals surface area contributed by atoms with Gasteiger partial charge in [0.2, 0.25) is 0 Å². The number of likely N-dealkylation sites (tertiary alicyclic amines) is 1. The van der Waals surface area contributed by atoms with E-state index in [-0.39, 0.29) is 23.3 Å². The summed E-state index contributed by atoms with van der Waals surface area (Å²) in [5.74, 6) is 1.30. The molecule has 1 N–H and O–H groups in total. The van der Waals surface area contributed by atoms with Crippen LogP contribution in [0.5, 0.6) is 11.5 Å². The second-order valence-electron chi connectivity index (χ2n) is 10.9. The largest absolute Gasteiger partial charge is 0.493 e. The number of benzene rings is 2. The number of halogens is 1. The SMILES string of the molecule is O=C(N[C@@H]1CCOc2ccc(C(=O)N3CCC4(CCN(Oc5ccncc5)CC4)CC3)cc21)c1ccccc1Cl. The number of piperidine rings is 2. The summed E-state index contributed by atoms with van der Waals surface area (Å²) in [5, 5.41) is 5.53. The zero-order valence-electron chi connectivity index (χ0n) is 22.4. The topological polar surface area (TPSA) is 84.0 Å². The Kier molecular flexibility index (Phi) is 7.63. The number of hydrogen-bond acceptors (Lipinski definition) is 6. The van der Waals surface area contributed by atoms with E-state index in [0.717, 1.165) is 63.2 Å². The van der Waals surface area contributed by atoms with E-state index in [1.165, 1.54) is 0 Å². The van der Waals surface area contributed by atoms with Gasteiger partial charge in [0.1, 0.15) is 5.75 Å². The van der Waals surface area contributed by atoms with Crippen LogP contribution in [0.1, 0.15) is 64.4 Å². The lowest BCUT2D eigenvalue weighted by Crippen LogP contribution is -2.48. The molecule has 0 bridgehead atoms. The lowest BCUT2D eigenvalue weighted by molar-refractivity contribution is -0.106. The average molecular weight is 561 g/mol. The van der Waals surface area contributed by atoms with Crippen molar-refractivity contribution in [1.82, 2.24) is 20.3 Å². The molecule has 2 aromatic carbocycles. The van der Waals surface area contributed by atoms with Gasteiger partial charge in [0.15, 0.2) is 5.75 Å². The molecule has 0 unspecified atom stereocenters. The van der Waals surface area contributed by atoms with Gasteiger partial charge in [-0.15, -0.1) is 5.06 Å². The number of aromatic nitrogens is 1. The fourth-order valence-corrected chi connectivity index (χ4v) is 6.25. The summed E-state index contributed by atoms with van der Waals surface area (Å²) in [7, 11) is 0. The number of carbonyl (C=O) groups is 2. The van der Waals surface area contributed by atoms with Crippen molar-refractivity contribution >= 4 is 23.4 Å². The van der Waals surface area contributed by atoms with Crippen molar-refractivity contribution in [3.63, 3.8) is 0 Å². The summed E-state index contributed by atoms with van der Waals surface area (Å²) in [6, 6.07) is 16.0. The zero-order valence-corrected chi connectivity index (χ0v) is 23.1. The number of hydrogen-bond donors (Lipinski definition) is 1. The Labute approximate surface area is 239 Å².